The Hall–Kier alpha value is -3.13. The Morgan fingerprint density at radius 2 is 1.81 bits per heavy atom. The summed E-state index contributed by atoms with van der Waals surface area (Å²) in [6.45, 7) is 0. The summed E-state index contributed by atoms with van der Waals surface area (Å²) in [7, 11) is 2.99. The van der Waals surface area contributed by atoms with Crippen LogP contribution in [0.3, 0.4) is 0 Å². The first-order valence-electron chi connectivity index (χ1n) is 7.83. The van der Waals surface area contributed by atoms with Crippen LogP contribution in [0.4, 0.5) is 10.5 Å². The molecule has 0 unspecified atom stereocenters. The molecule has 1 heterocycles. The fourth-order valence-electron chi connectivity index (χ4n) is 2.60. The fraction of sp³-hybridized carbons (Fsp3) is 0.105. The molecule has 0 atom stereocenters. The molecule has 7 nitrogen and oxygen atoms in total. The van der Waals surface area contributed by atoms with E-state index in [1.807, 2.05) is 0 Å². The molecule has 3 rings (SSSR count). The topological polar surface area (TPSA) is 84.9 Å². The quantitative estimate of drug-likeness (QED) is 0.594. The summed E-state index contributed by atoms with van der Waals surface area (Å²) < 4.78 is 11.1. The molecule has 1 aliphatic rings. The van der Waals surface area contributed by atoms with Crippen LogP contribution in [0.1, 0.15) is 5.56 Å². The lowest BCUT2D eigenvalue weighted by Gasteiger charge is -2.26. The Bertz CT molecular complexity index is 970. The van der Waals surface area contributed by atoms with Gasteiger partial charge < -0.3 is 9.47 Å². The number of amides is 4. The van der Waals surface area contributed by atoms with Gasteiger partial charge in [-0.15, -0.1) is 0 Å². The number of benzene rings is 2. The third kappa shape index (κ3) is 3.70. The van der Waals surface area contributed by atoms with Crippen LogP contribution in [0.5, 0.6) is 11.5 Å². The van der Waals surface area contributed by atoms with Crippen LogP contribution < -0.4 is 19.7 Å². The number of rotatable bonds is 4. The number of nitrogens with zero attached hydrogens (tertiary/aromatic N) is 1. The lowest BCUT2D eigenvalue weighted by Crippen LogP contribution is -2.54. The van der Waals surface area contributed by atoms with Gasteiger partial charge in [0.1, 0.15) is 17.1 Å². The molecule has 2 aromatic carbocycles. The molecule has 4 amide bonds. The van der Waals surface area contributed by atoms with E-state index < -0.39 is 17.8 Å². The first-order chi connectivity index (χ1) is 12.9. The highest BCUT2D eigenvalue weighted by molar-refractivity contribution is 9.10. The zero-order chi connectivity index (χ0) is 19.6. The number of nitrogens with one attached hydrogen (secondary N) is 1. The van der Waals surface area contributed by atoms with Crippen LogP contribution >= 0.6 is 15.9 Å². The molecule has 8 heteroatoms. The second-order valence-corrected chi connectivity index (χ2v) is 6.46. The van der Waals surface area contributed by atoms with E-state index in [0.29, 0.717) is 27.2 Å². The summed E-state index contributed by atoms with van der Waals surface area (Å²) in [4.78, 5) is 38.3. The number of hydrogen-bond donors (Lipinski definition) is 1. The molecule has 0 spiro atoms. The Morgan fingerprint density at radius 3 is 2.48 bits per heavy atom. The summed E-state index contributed by atoms with van der Waals surface area (Å²) >= 11 is 3.30. The van der Waals surface area contributed by atoms with E-state index in [0.717, 1.165) is 4.90 Å². The van der Waals surface area contributed by atoms with Gasteiger partial charge in [-0.05, 0) is 36.4 Å². The van der Waals surface area contributed by atoms with Gasteiger partial charge in [0, 0.05) is 16.1 Å². The first kappa shape index (κ1) is 18.7. The van der Waals surface area contributed by atoms with Crippen molar-refractivity contribution in [2.75, 3.05) is 19.1 Å². The van der Waals surface area contributed by atoms with Gasteiger partial charge in [0.15, 0.2) is 0 Å². The molecular weight excluding hydrogens is 416 g/mol. The van der Waals surface area contributed by atoms with Gasteiger partial charge in [0.2, 0.25) is 0 Å². The van der Waals surface area contributed by atoms with E-state index in [9.17, 15) is 14.4 Å². The van der Waals surface area contributed by atoms with Crippen molar-refractivity contribution in [1.29, 1.82) is 0 Å². The first-order valence-corrected chi connectivity index (χ1v) is 8.63. The molecule has 1 aliphatic heterocycles. The number of barbiturate groups is 1. The van der Waals surface area contributed by atoms with Crippen LogP contribution in [0.25, 0.3) is 6.08 Å². The Morgan fingerprint density at radius 1 is 1.04 bits per heavy atom. The van der Waals surface area contributed by atoms with Crippen LogP contribution in [0, 0.1) is 0 Å². The maximum Gasteiger partial charge on any atom is 0.335 e. The zero-order valence-electron chi connectivity index (χ0n) is 14.5. The minimum absolute atomic E-state index is 0.182. The Labute approximate surface area is 163 Å². The number of imide groups is 2. The van der Waals surface area contributed by atoms with Crippen molar-refractivity contribution < 1.29 is 23.9 Å². The van der Waals surface area contributed by atoms with E-state index >= 15 is 0 Å². The number of urea groups is 1. The lowest BCUT2D eigenvalue weighted by molar-refractivity contribution is -0.122. The van der Waals surface area contributed by atoms with Gasteiger partial charge in [-0.25, -0.2) is 9.69 Å². The maximum atomic E-state index is 12.9. The van der Waals surface area contributed by atoms with Crippen molar-refractivity contribution in [2.45, 2.75) is 0 Å². The van der Waals surface area contributed by atoms with Gasteiger partial charge in [-0.1, -0.05) is 22.0 Å². The van der Waals surface area contributed by atoms with Gasteiger partial charge in [0.05, 0.1) is 19.9 Å². The molecule has 0 aliphatic carbocycles. The standard InChI is InChI=1S/C19H15BrN2O5/c1-26-14-7-6-11(16(10-14)27-2)8-15-17(23)21-19(25)22(18(15)24)13-5-3-4-12(20)9-13/h3-10H,1-2H3,(H,21,23,25)/b15-8+. The fourth-order valence-corrected chi connectivity index (χ4v) is 2.99. The van der Waals surface area contributed by atoms with Gasteiger partial charge in [-0.2, -0.15) is 0 Å². The molecule has 1 saturated heterocycles. The number of halogens is 1. The monoisotopic (exact) mass is 430 g/mol. The summed E-state index contributed by atoms with van der Waals surface area (Å²) in [6, 6.07) is 10.8. The maximum absolute atomic E-state index is 12.9. The van der Waals surface area contributed by atoms with Crippen molar-refractivity contribution in [3.63, 3.8) is 0 Å². The summed E-state index contributed by atoms with van der Waals surface area (Å²) in [5.41, 5.74) is 0.658. The minimum atomic E-state index is -0.804. The van der Waals surface area contributed by atoms with Crippen molar-refractivity contribution in [1.82, 2.24) is 5.32 Å². The molecule has 1 fully saturated rings. The van der Waals surface area contributed by atoms with Crippen molar-refractivity contribution >= 4 is 45.5 Å². The number of carbonyl (C=O) groups excluding carboxylic acids is 3. The van der Waals surface area contributed by atoms with Crippen molar-refractivity contribution in [3.8, 4) is 11.5 Å². The van der Waals surface area contributed by atoms with Crippen LogP contribution in [-0.4, -0.2) is 32.1 Å². The zero-order valence-corrected chi connectivity index (χ0v) is 16.1. The highest BCUT2D eigenvalue weighted by atomic mass is 79.9. The molecule has 1 N–H and O–H groups in total. The van der Waals surface area contributed by atoms with Gasteiger partial charge in [-0.3, -0.25) is 14.9 Å². The second kappa shape index (κ2) is 7.63. The molecule has 0 bridgehead atoms. The smallest absolute Gasteiger partial charge is 0.335 e. The van der Waals surface area contributed by atoms with E-state index in [1.54, 1.807) is 42.5 Å². The van der Waals surface area contributed by atoms with E-state index in [-0.39, 0.29) is 5.57 Å². The molecule has 27 heavy (non-hydrogen) atoms. The number of anilines is 1. The average molecular weight is 431 g/mol. The van der Waals surface area contributed by atoms with Crippen LogP contribution in [0.2, 0.25) is 0 Å². The number of carbonyl (C=O) groups is 3. The molecule has 138 valence electrons. The van der Waals surface area contributed by atoms with Crippen LogP contribution in [-0.2, 0) is 9.59 Å². The summed E-state index contributed by atoms with van der Waals surface area (Å²) in [5, 5.41) is 2.19. The molecule has 0 saturated carbocycles. The highest BCUT2D eigenvalue weighted by Gasteiger charge is 2.37. The third-order valence-electron chi connectivity index (χ3n) is 3.91. The van der Waals surface area contributed by atoms with E-state index in [1.165, 1.54) is 20.3 Å². The second-order valence-electron chi connectivity index (χ2n) is 5.55. The third-order valence-corrected chi connectivity index (χ3v) is 4.40. The van der Waals surface area contributed by atoms with Crippen molar-refractivity contribution in [2.24, 2.45) is 0 Å². The Kier molecular flexibility index (Phi) is 5.27. The predicted octanol–water partition coefficient (Wildman–Crippen LogP) is 3.13. The van der Waals surface area contributed by atoms with Crippen LogP contribution in [0.15, 0.2) is 52.5 Å². The normalized spacial score (nSPS) is 15.7. The van der Waals surface area contributed by atoms with Crippen molar-refractivity contribution in [3.05, 3.63) is 58.1 Å². The van der Waals surface area contributed by atoms with E-state index in [4.69, 9.17) is 9.47 Å². The van der Waals surface area contributed by atoms with Gasteiger partial charge >= 0.3 is 6.03 Å². The summed E-state index contributed by atoms with van der Waals surface area (Å²) in [6.07, 6.45) is 1.38. The molecule has 0 radical (unpaired) electrons. The number of methoxy groups -OCH3 is 2. The lowest BCUT2D eigenvalue weighted by atomic mass is 10.1. The average Bonchev–Trinajstić information content (AvgIpc) is 2.65. The minimum Gasteiger partial charge on any atom is -0.497 e. The predicted molar refractivity (Wildman–Crippen MR) is 103 cm³/mol. The van der Waals surface area contributed by atoms with Gasteiger partial charge in [0.25, 0.3) is 11.8 Å². The number of ether oxygens (including phenoxy) is 2. The largest absolute Gasteiger partial charge is 0.497 e. The highest BCUT2D eigenvalue weighted by Crippen LogP contribution is 2.29. The Balaban J connectivity index is 2.04. The molecule has 0 aromatic heterocycles. The molecule has 2 aromatic rings. The SMILES string of the molecule is COc1ccc(/C=C2\C(=O)NC(=O)N(c3cccc(Br)c3)C2=O)c(OC)c1. The summed E-state index contributed by atoms with van der Waals surface area (Å²) in [5.74, 6) is -0.499. The number of hydrogen-bond acceptors (Lipinski definition) is 5. The van der Waals surface area contributed by atoms with E-state index in [2.05, 4.69) is 21.2 Å². The molecular formula is C19H15BrN2O5.